The van der Waals surface area contributed by atoms with Gasteiger partial charge in [-0.25, -0.2) is 0 Å². The second-order valence-electron chi connectivity index (χ2n) is 5.83. The first kappa shape index (κ1) is 18.1. The molecule has 2 rings (SSSR count). The third-order valence-corrected chi connectivity index (χ3v) is 5.46. The van der Waals surface area contributed by atoms with Crippen LogP contribution in [0.1, 0.15) is 48.4 Å². The van der Waals surface area contributed by atoms with Gasteiger partial charge in [0.15, 0.2) is 0 Å². The number of unbranched alkanes of at least 4 members (excludes halogenated alkanes) is 2. The van der Waals surface area contributed by atoms with Crippen molar-refractivity contribution in [2.45, 2.75) is 39.5 Å². The van der Waals surface area contributed by atoms with Crippen LogP contribution in [-0.2, 0) is 6.42 Å². The minimum atomic E-state index is 0.941. The fourth-order valence-corrected chi connectivity index (χ4v) is 3.29. The molecule has 0 aliphatic carbocycles. The Morgan fingerprint density at radius 2 is 1.74 bits per heavy atom. The molecule has 0 aromatic heterocycles. The van der Waals surface area contributed by atoms with Gasteiger partial charge >= 0.3 is 0 Å². The average molecular weight is 420 g/mol. The summed E-state index contributed by atoms with van der Waals surface area (Å²) in [4.78, 5) is 0. The molecule has 23 heavy (non-hydrogen) atoms. The van der Waals surface area contributed by atoms with E-state index in [4.69, 9.17) is 4.74 Å². The Morgan fingerprint density at radius 3 is 2.39 bits per heavy atom. The van der Waals surface area contributed by atoms with Gasteiger partial charge in [0, 0.05) is 0 Å². The van der Waals surface area contributed by atoms with Crippen molar-refractivity contribution in [1.29, 1.82) is 0 Å². The van der Waals surface area contributed by atoms with E-state index in [1.807, 2.05) is 6.07 Å². The molecule has 0 aliphatic heterocycles. The molecule has 2 aromatic rings. The van der Waals surface area contributed by atoms with Crippen molar-refractivity contribution in [2.75, 3.05) is 7.11 Å². The van der Waals surface area contributed by atoms with E-state index in [0.717, 1.165) is 5.75 Å². The highest BCUT2D eigenvalue weighted by molar-refractivity contribution is 14.1. The van der Waals surface area contributed by atoms with Crippen molar-refractivity contribution in [3.05, 3.63) is 62.2 Å². The van der Waals surface area contributed by atoms with E-state index in [1.165, 1.54) is 51.5 Å². The Kier molecular flexibility index (Phi) is 7.15. The molecule has 2 aromatic carbocycles. The predicted octanol–water partition coefficient (Wildman–Crippen LogP) is 6.51. The van der Waals surface area contributed by atoms with Gasteiger partial charge in [0.2, 0.25) is 0 Å². The maximum atomic E-state index is 5.37. The van der Waals surface area contributed by atoms with Crippen LogP contribution in [0.3, 0.4) is 0 Å². The summed E-state index contributed by atoms with van der Waals surface area (Å²) < 4.78 is 6.54. The van der Waals surface area contributed by atoms with Crippen molar-refractivity contribution in [3.63, 3.8) is 0 Å². The smallest absolute Gasteiger partial charge is 0.132 e. The van der Waals surface area contributed by atoms with Crippen molar-refractivity contribution in [2.24, 2.45) is 0 Å². The van der Waals surface area contributed by atoms with E-state index < -0.39 is 0 Å². The zero-order valence-corrected chi connectivity index (χ0v) is 16.4. The van der Waals surface area contributed by atoms with Crippen molar-refractivity contribution in [3.8, 4) is 5.75 Å². The van der Waals surface area contributed by atoms with Crippen LogP contribution >= 0.6 is 22.6 Å². The number of halogens is 1. The first-order valence-corrected chi connectivity index (χ1v) is 9.33. The van der Waals surface area contributed by atoms with E-state index in [2.05, 4.69) is 78.9 Å². The van der Waals surface area contributed by atoms with Gasteiger partial charge in [-0.05, 0) is 70.7 Å². The number of ether oxygens (including phenoxy) is 1. The van der Waals surface area contributed by atoms with E-state index in [9.17, 15) is 0 Å². The first-order chi connectivity index (χ1) is 11.2. The fraction of sp³-hybridized carbons (Fsp3) is 0.333. The summed E-state index contributed by atoms with van der Waals surface area (Å²) in [7, 11) is 1.72. The standard InChI is InChI=1S/C21H25IO/c1-4-5-6-7-17-8-10-18(11-9-17)12-13-19-14-15-20(23-3)21(22)16(19)2/h8-15H,4-7H2,1-3H3. The molecule has 0 N–H and O–H groups in total. The van der Waals surface area contributed by atoms with Crippen LogP contribution in [0.2, 0.25) is 0 Å². The molecular weight excluding hydrogens is 395 g/mol. The van der Waals surface area contributed by atoms with Gasteiger partial charge in [0.25, 0.3) is 0 Å². The number of aryl methyl sites for hydroxylation is 1. The number of rotatable bonds is 7. The average Bonchev–Trinajstić information content (AvgIpc) is 2.58. The zero-order chi connectivity index (χ0) is 16.7. The second-order valence-corrected chi connectivity index (χ2v) is 6.91. The molecule has 0 aliphatic rings. The van der Waals surface area contributed by atoms with Crippen LogP contribution in [0.15, 0.2) is 36.4 Å². The molecule has 0 amide bonds. The summed E-state index contributed by atoms with van der Waals surface area (Å²) in [5, 5.41) is 0. The quantitative estimate of drug-likeness (QED) is 0.282. The minimum Gasteiger partial charge on any atom is -0.496 e. The van der Waals surface area contributed by atoms with E-state index >= 15 is 0 Å². The molecule has 1 nitrogen and oxygen atoms in total. The minimum absolute atomic E-state index is 0.941. The molecular formula is C21H25IO. The van der Waals surface area contributed by atoms with Gasteiger partial charge in [0.05, 0.1) is 10.7 Å². The highest BCUT2D eigenvalue weighted by Gasteiger charge is 2.05. The topological polar surface area (TPSA) is 9.23 Å². The highest BCUT2D eigenvalue weighted by Crippen LogP contribution is 2.27. The monoisotopic (exact) mass is 420 g/mol. The Balaban J connectivity index is 2.07. The van der Waals surface area contributed by atoms with Crippen molar-refractivity contribution < 1.29 is 4.74 Å². The van der Waals surface area contributed by atoms with Gasteiger partial charge in [0.1, 0.15) is 5.75 Å². The molecule has 0 bridgehead atoms. The maximum absolute atomic E-state index is 5.37. The van der Waals surface area contributed by atoms with Crippen LogP contribution in [-0.4, -0.2) is 7.11 Å². The zero-order valence-electron chi connectivity index (χ0n) is 14.2. The van der Waals surface area contributed by atoms with Gasteiger partial charge in [-0.15, -0.1) is 0 Å². The van der Waals surface area contributed by atoms with E-state index in [0.29, 0.717) is 0 Å². The van der Waals surface area contributed by atoms with Crippen LogP contribution in [0.5, 0.6) is 5.75 Å². The lowest BCUT2D eigenvalue weighted by molar-refractivity contribution is 0.411. The van der Waals surface area contributed by atoms with Gasteiger partial charge in [-0.3, -0.25) is 0 Å². The molecule has 0 spiro atoms. The third kappa shape index (κ3) is 5.10. The van der Waals surface area contributed by atoms with Crippen LogP contribution in [0.25, 0.3) is 12.2 Å². The summed E-state index contributed by atoms with van der Waals surface area (Å²) in [6.45, 7) is 4.39. The second kappa shape index (κ2) is 9.11. The lowest BCUT2D eigenvalue weighted by Gasteiger charge is -2.08. The van der Waals surface area contributed by atoms with Crippen LogP contribution in [0.4, 0.5) is 0 Å². The van der Waals surface area contributed by atoms with E-state index in [1.54, 1.807) is 7.11 Å². The SMILES string of the molecule is CCCCCc1ccc(C=Cc2ccc(OC)c(I)c2C)cc1. The van der Waals surface area contributed by atoms with Crippen LogP contribution in [0, 0.1) is 10.5 Å². The molecule has 0 atom stereocenters. The summed E-state index contributed by atoms with van der Waals surface area (Å²) in [6, 6.07) is 13.1. The Morgan fingerprint density at radius 1 is 1.00 bits per heavy atom. The normalized spacial score (nSPS) is 11.1. The first-order valence-electron chi connectivity index (χ1n) is 8.25. The molecule has 0 saturated heterocycles. The predicted molar refractivity (Wildman–Crippen MR) is 109 cm³/mol. The van der Waals surface area contributed by atoms with Gasteiger partial charge in [-0.2, -0.15) is 0 Å². The van der Waals surface area contributed by atoms with Crippen molar-refractivity contribution >= 4 is 34.7 Å². The lowest BCUT2D eigenvalue weighted by atomic mass is 10.0. The molecule has 0 radical (unpaired) electrons. The maximum Gasteiger partial charge on any atom is 0.132 e. The Labute approximate surface area is 153 Å². The fourth-order valence-electron chi connectivity index (χ4n) is 2.57. The summed E-state index contributed by atoms with van der Waals surface area (Å²) in [6.07, 6.45) is 9.43. The molecule has 0 fully saturated rings. The van der Waals surface area contributed by atoms with Crippen LogP contribution < -0.4 is 4.74 Å². The summed E-state index contributed by atoms with van der Waals surface area (Å²) >= 11 is 2.35. The molecule has 122 valence electrons. The summed E-state index contributed by atoms with van der Waals surface area (Å²) in [5.41, 5.74) is 5.18. The van der Waals surface area contributed by atoms with Gasteiger partial charge in [-0.1, -0.05) is 62.2 Å². The summed E-state index contributed by atoms with van der Waals surface area (Å²) in [5.74, 6) is 0.941. The molecule has 0 unspecified atom stereocenters. The number of hydrogen-bond donors (Lipinski definition) is 0. The number of methoxy groups -OCH3 is 1. The Bertz CT molecular complexity index is 656. The molecule has 2 heteroatoms. The van der Waals surface area contributed by atoms with Gasteiger partial charge < -0.3 is 4.74 Å². The Hall–Kier alpha value is -1.29. The molecule has 0 saturated carbocycles. The third-order valence-electron chi connectivity index (χ3n) is 4.12. The molecule has 0 heterocycles. The number of benzene rings is 2. The van der Waals surface area contributed by atoms with Crippen molar-refractivity contribution in [1.82, 2.24) is 0 Å². The highest BCUT2D eigenvalue weighted by atomic mass is 127. The largest absolute Gasteiger partial charge is 0.496 e. The van der Waals surface area contributed by atoms with E-state index in [-0.39, 0.29) is 0 Å². The number of hydrogen-bond acceptors (Lipinski definition) is 1. The lowest BCUT2D eigenvalue weighted by Crippen LogP contribution is -1.92.